The van der Waals surface area contributed by atoms with Crippen LogP contribution in [0.1, 0.15) is 40.7 Å². The van der Waals surface area contributed by atoms with Crippen molar-refractivity contribution >= 4 is 29.3 Å². The van der Waals surface area contributed by atoms with E-state index in [4.69, 9.17) is 0 Å². The normalized spacial score (nSPS) is 16.9. The molecule has 6 nitrogen and oxygen atoms in total. The van der Waals surface area contributed by atoms with Crippen molar-refractivity contribution in [3.63, 3.8) is 0 Å². The molecule has 2 fully saturated rings. The third-order valence-electron chi connectivity index (χ3n) is 7.70. The Morgan fingerprint density at radius 2 is 1.50 bits per heavy atom. The molecule has 208 valence electrons. The number of benzene rings is 3. The Bertz CT molecular complexity index is 1390. The monoisotopic (exact) mass is 548 g/mol. The van der Waals surface area contributed by atoms with Crippen LogP contribution in [0.5, 0.6) is 0 Å². The molecule has 1 heterocycles. The fourth-order valence-electron chi connectivity index (χ4n) is 5.09. The first-order chi connectivity index (χ1) is 19.2. The summed E-state index contributed by atoms with van der Waals surface area (Å²) in [6.07, 6.45) is 4.94. The number of rotatable bonds is 7. The van der Waals surface area contributed by atoms with Crippen molar-refractivity contribution in [2.75, 3.05) is 43.4 Å². The third kappa shape index (κ3) is 6.04. The fraction of sp³-hybridized carbons (Fsp3) is 0.290. The summed E-state index contributed by atoms with van der Waals surface area (Å²) < 4.78 is 39.9. The second kappa shape index (κ2) is 11.6. The van der Waals surface area contributed by atoms with Gasteiger partial charge in [0, 0.05) is 49.2 Å². The molecule has 1 saturated carbocycles. The molecule has 5 rings (SSSR count). The van der Waals surface area contributed by atoms with Gasteiger partial charge in [0.25, 0.3) is 5.91 Å². The molecule has 0 bridgehead atoms. The number of likely N-dealkylation sites (N-methyl/N-ethyl adjacent to an activating group) is 1. The maximum absolute atomic E-state index is 13.4. The molecule has 0 aromatic heterocycles. The van der Waals surface area contributed by atoms with Gasteiger partial charge < -0.3 is 20.4 Å². The predicted octanol–water partition coefficient (Wildman–Crippen LogP) is 5.32. The molecule has 2 N–H and O–H groups in total. The van der Waals surface area contributed by atoms with Crippen LogP contribution in [0.15, 0.2) is 66.7 Å². The summed E-state index contributed by atoms with van der Waals surface area (Å²) in [6.45, 7) is 3.96. The zero-order valence-corrected chi connectivity index (χ0v) is 22.2. The number of nitrogens with one attached hydrogen (secondary N) is 2. The summed E-state index contributed by atoms with van der Waals surface area (Å²) in [5.74, 6) is -4.84. The number of carbonyl (C=O) groups excluding carboxylic acids is 2. The first-order valence-electron chi connectivity index (χ1n) is 13.3. The van der Waals surface area contributed by atoms with Gasteiger partial charge >= 0.3 is 0 Å². The van der Waals surface area contributed by atoms with Gasteiger partial charge in [-0.1, -0.05) is 12.1 Å². The van der Waals surface area contributed by atoms with E-state index in [-0.39, 0.29) is 11.5 Å². The Morgan fingerprint density at radius 1 is 0.875 bits per heavy atom. The van der Waals surface area contributed by atoms with E-state index >= 15 is 0 Å². The SMILES string of the molecule is CN1CCN(c2ccc(C(=O)NC3(c4ccc(NC(=O)/C=C/c5cc(F)c(F)c(F)c5)cc4)CCC3)cc2)CC1. The minimum absolute atomic E-state index is 0.0264. The molecule has 0 atom stereocenters. The van der Waals surface area contributed by atoms with Crippen LogP contribution in [0.4, 0.5) is 24.5 Å². The van der Waals surface area contributed by atoms with Crippen molar-refractivity contribution in [1.29, 1.82) is 0 Å². The topological polar surface area (TPSA) is 64.7 Å². The van der Waals surface area contributed by atoms with Gasteiger partial charge in [0.15, 0.2) is 17.5 Å². The average Bonchev–Trinajstić information content (AvgIpc) is 2.93. The number of anilines is 2. The van der Waals surface area contributed by atoms with Gasteiger partial charge in [-0.25, -0.2) is 13.2 Å². The van der Waals surface area contributed by atoms with E-state index in [9.17, 15) is 22.8 Å². The van der Waals surface area contributed by atoms with Gasteiger partial charge in [-0.2, -0.15) is 0 Å². The van der Waals surface area contributed by atoms with E-state index in [1.807, 2.05) is 36.4 Å². The molecular formula is C31H31F3N4O2. The molecular weight excluding hydrogens is 517 g/mol. The lowest BCUT2D eigenvalue weighted by Gasteiger charge is -2.43. The maximum atomic E-state index is 13.4. The summed E-state index contributed by atoms with van der Waals surface area (Å²) in [7, 11) is 2.12. The number of carbonyl (C=O) groups is 2. The number of amides is 2. The summed E-state index contributed by atoms with van der Waals surface area (Å²) >= 11 is 0. The first kappa shape index (κ1) is 27.5. The molecule has 1 saturated heterocycles. The molecule has 40 heavy (non-hydrogen) atoms. The van der Waals surface area contributed by atoms with Crippen molar-refractivity contribution < 1.29 is 22.8 Å². The van der Waals surface area contributed by atoms with Crippen LogP contribution >= 0.6 is 0 Å². The zero-order chi connectivity index (χ0) is 28.3. The van der Waals surface area contributed by atoms with Gasteiger partial charge in [0.2, 0.25) is 5.91 Å². The highest BCUT2D eigenvalue weighted by Crippen LogP contribution is 2.42. The minimum Gasteiger partial charge on any atom is -0.369 e. The number of piperazine rings is 1. The van der Waals surface area contributed by atoms with Gasteiger partial charge in [-0.15, -0.1) is 0 Å². The lowest BCUT2D eigenvalue weighted by atomic mass is 9.71. The Kier molecular flexibility index (Phi) is 7.93. The Balaban J connectivity index is 1.20. The molecule has 9 heteroatoms. The minimum atomic E-state index is -1.55. The van der Waals surface area contributed by atoms with Gasteiger partial charge in [0.05, 0.1) is 5.54 Å². The Hall–Kier alpha value is -4.11. The lowest BCUT2D eigenvalue weighted by Crippen LogP contribution is -2.50. The summed E-state index contributed by atoms with van der Waals surface area (Å²) in [4.78, 5) is 30.1. The molecule has 0 spiro atoms. The Labute approximate surface area is 231 Å². The highest BCUT2D eigenvalue weighted by molar-refractivity contribution is 6.02. The van der Waals surface area contributed by atoms with Crippen LogP contribution < -0.4 is 15.5 Å². The van der Waals surface area contributed by atoms with E-state index < -0.39 is 28.9 Å². The summed E-state index contributed by atoms with van der Waals surface area (Å²) in [5, 5.41) is 5.92. The second-order valence-corrected chi connectivity index (χ2v) is 10.4. The largest absolute Gasteiger partial charge is 0.369 e. The number of hydrogen-bond acceptors (Lipinski definition) is 4. The van der Waals surface area contributed by atoms with E-state index in [0.717, 1.165) is 74.9 Å². The lowest BCUT2D eigenvalue weighted by molar-refractivity contribution is -0.111. The molecule has 1 aliphatic heterocycles. The highest BCUT2D eigenvalue weighted by Gasteiger charge is 2.40. The number of hydrogen-bond donors (Lipinski definition) is 2. The van der Waals surface area contributed by atoms with Gasteiger partial charge in [0.1, 0.15) is 0 Å². The predicted molar refractivity (Wildman–Crippen MR) is 150 cm³/mol. The fourth-order valence-corrected chi connectivity index (χ4v) is 5.09. The van der Waals surface area contributed by atoms with Crippen molar-refractivity contribution in [2.45, 2.75) is 24.8 Å². The van der Waals surface area contributed by atoms with Gasteiger partial charge in [-0.05, 0) is 92.0 Å². The van der Waals surface area contributed by atoms with Crippen molar-refractivity contribution in [3.8, 4) is 0 Å². The van der Waals surface area contributed by atoms with Crippen LogP contribution in [0.2, 0.25) is 0 Å². The van der Waals surface area contributed by atoms with Crippen LogP contribution in [-0.2, 0) is 10.3 Å². The quantitative estimate of drug-likeness (QED) is 0.310. The molecule has 1 aliphatic carbocycles. The molecule has 0 unspecified atom stereocenters. The first-order valence-corrected chi connectivity index (χ1v) is 13.3. The molecule has 3 aromatic carbocycles. The molecule has 2 amide bonds. The van der Waals surface area contributed by atoms with Crippen LogP contribution in [0.3, 0.4) is 0 Å². The standard InChI is InChI=1S/C31H31F3N4O2/c1-37-15-17-38(18-16-37)25-10-4-22(5-11-25)30(40)36-31(13-2-14-31)23-6-8-24(9-7-23)35-28(39)12-3-21-19-26(32)29(34)27(33)20-21/h3-12,19-20H,2,13-18H2,1H3,(H,35,39)(H,36,40)/b12-3+. The molecule has 0 radical (unpaired) electrons. The van der Waals surface area contributed by atoms with Crippen LogP contribution in [-0.4, -0.2) is 49.9 Å². The van der Waals surface area contributed by atoms with Crippen molar-refractivity contribution in [3.05, 3.63) is 101 Å². The number of halogens is 3. The van der Waals surface area contributed by atoms with E-state index in [0.29, 0.717) is 11.3 Å². The smallest absolute Gasteiger partial charge is 0.251 e. The summed E-state index contributed by atoms with van der Waals surface area (Å²) in [6, 6.07) is 16.6. The average molecular weight is 549 g/mol. The van der Waals surface area contributed by atoms with Crippen molar-refractivity contribution in [1.82, 2.24) is 10.2 Å². The second-order valence-electron chi connectivity index (χ2n) is 10.4. The molecule has 3 aromatic rings. The maximum Gasteiger partial charge on any atom is 0.251 e. The Morgan fingerprint density at radius 3 is 2.08 bits per heavy atom. The zero-order valence-electron chi connectivity index (χ0n) is 22.2. The molecule has 2 aliphatic rings. The van der Waals surface area contributed by atoms with E-state index in [1.54, 1.807) is 12.1 Å². The highest BCUT2D eigenvalue weighted by atomic mass is 19.2. The van der Waals surface area contributed by atoms with E-state index in [1.165, 1.54) is 6.08 Å². The van der Waals surface area contributed by atoms with Crippen molar-refractivity contribution in [2.24, 2.45) is 0 Å². The van der Waals surface area contributed by atoms with Crippen LogP contribution in [0, 0.1) is 17.5 Å². The van der Waals surface area contributed by atoms with E-state index in [2.05, 4.69) is 27.5 Å². The van der Waals surface area contributed by atoms with Gasteiger partial charge in [-0.3, -0.25) is 9.59 Å². The third-order valence-corrected chi connectivity index (χ3v) is 7.70. The van der Waals surface area contributed by atoms with Crippen LogP contribution in [0.25, 0.3) is 6.08 Å². The summed E-state index contributed by atoms with van der Waals surface area (Å²) in [5.41, 5.74) is 2.76. The number of nitrogens with zero attached hydrogens (tertiary/aromatic N) is 2.